The zero-order valence-corrected chi connectivity index (χ0v) is 13.5. The van der Waals surface area contributed by atoms with E-state index in [1.807, 2.05) is 25.1 Å². The minimum Gasteiger partial charge on any atom is -0.465 e. The number of nitrogens with zero attached hydrogens (tertiary/aromatic N) is 1. The summed E-state index contributed by atoms with van der Waals surface area (Å²) in [6, 6.07) is 10.3. The highest BCUT2D eigenvalue weighted by Gasteiger charge is 2.14. The summed E-state index contributed by atoms with van der Waals surface area (Å²) in [5.41, 5.74) is 1.01. The van der Waals surface area contributed by atoms with Gasteiger partial charge in [-0.15, -0.1) is 6.58 Å². The predicted octanol–water partition coefficient (Wildman–Crippen LogP) is 4.06. The standard InChI is InChI=1S/C19H24FNO2/c1-3-4-5-18(22)13-21(14-19-11-6-15(2)23-19)12-16-7-9-17(20)10-8-16/h3,6-11,18,22H,1,4-5,12-14H2,2H3/t18-/m1/s1. The molecule has 2 rings (SSSR count). The van der Waals surface area contributed by atoms with Gasteiger partial charge in [0.2, 0.25) is 0 Å². The van der Waals surface area contributed by atoms with E-state index in [0.29, 0.717) is 26.1 Å². The van der Waals surface area contributed by atoms with Crippen LogP contribution in [0.2, 0.25) is 0 Å². The molecule has 0 fully saturated rings. The number of halogens is 1. The van der Waals surface area contributed by atoms with Crippen molar-refractivity contribution in [1.82, 2.24) is 4.90 Å². The lowest BCUT2D eigenvalue weighted by molar-refractivity contribution is 0.0943. The fourth-order valence-electron chi connectivity index (χ4n) is 2.52. The smallest absolute Gasteiger partial charge is 0.123 e. The number of rotatable bonds is 9. The highest BCUT2D eigenvalue weighted by molar-refractivity contribution is 5.16. The SMILES string of the molecule is C=CCC[C@@H](O)CN(Cc1ccc(F)cc1)Cc1ccc(C)o1. The Morgan fingerprint density at radius 1 is 1.22 bits per heavy atom. The Balaban J connectivity index is 2.03. The molecule has 0 aliphatic carbocycles. The maximum atomic E-state index is 13.0. The molecule has 1 aromatic carbocycles. The molecular weight excluding hydrogens is 293 g/mol. The molecule has 1 N–H and O–H groups in total. The molecule has 124 valence electrons. The number of benzene rings is 1. The lowest BCUT2D eigenvalue weighted by Gasteiger charge is -2.24. The Labute approximate surface area is 137 Å². The van der Waals surface area contributed by atoms with E-state index in [4.69, 9.17) is 4.42 Å². The molecule has 0 radical (unpaired) electrons. The average Bonchev–Trinajstić information content (AvgIpc) is 2.92. The number of hydrogen-bond acceptors (Lipinski definition) is 3. The van der Waals surface area contributed by atoms with Gasteiger partial charge in [0.25, 0.3) is 0 Å². The molecule has 0 aliphatic heterocycles. The van der Waals surface area contributed by atoms with Gasteiger partial charge in [-0.25, -0.2) is 4.39 Å². The predicted molar refractivity (Wildman–Crippen MR) is 89.4 cm³/mol. The lowest BCUT2D eigenvalue weighted by Crippen LogP contribution is -2.31. The summed E-state index contributed by atoms with van der Waals surface area (Å²) in [7, 11) is 0. The number of aliphatic hydroxyl groups is 1. The summed E-state index contributed by atoms with van der Waals surface area (Å²) >= 11 is 0. The fourth-order valence-corrected chi connectivity index (χ4v) is 2.52. The van der Waals surface area contributed by atoms with Crippen molar-refractivity contribution < 1.29 is 13.9 Å². The second-order valence-corrected chi connectivity index (χ2v) is 5.83. The van der Waals surface area contributed by atoms with Gasteiger partial charge in [0.15, 0.2) is 0 Å². The van der Waals surface area contributed by atoms with E-state index in [1.165, 1.54) is 12.1 Å². The van der Waals surface area contributed by atoms with Crippen LogP contribution in [0.3, 0.4) is 0 Å². The Hall–Kier alpha value is -1.91. The van der Waals surface area contributed by atoms with Crippen molar-refractivity contribution >= 4 is 0 Å². The van der Waals surface area contributed by atoms with Crippen LogP contribution in [0.5, 0.6) is 0 Å². The second-order valence-electron chi connectivity index (χ2n) is 5.83. The Morgan fingerprint density at radius 3 is 2.57 bits per heavy atom. The van der Waals surface area contributed by atoms with Gasteiger partial charge in [-0.2, -0.15) is 0 Å². The van der Waals surface area contributed by atoms with Crippen molar-refractivity contribution in [2.45, 2.75) is 39.0 Å². The van der Waals surface area contributed by atoms with Crippen molar-refractivity contribution in [3.05, 3.63) is 72.0 Å². The first kappa shape index (κ1) is 17.4. The van der Waals surface area contributed by atoms with Gasteiger partial charge >= 0.3 is 0 Å². The summed E-state index contributed by atoms with van der Waals surface area (Å²) in [5.74, 6) is 1.49. The molecular formula is C19H24FNO2. The summed E-state index contributed by atoms with van der Waals surface area (Å²) in [6.45, 7) is 7.36. The molecule has 1 aromatic heterocycles. The maximum absolute atomic E-state index is 13.0. The van der Waals surface area contributed by atoms with Crippen LogP contribution in [0.25, 0.3) is 0 Å². The van der Waals surface area contributed by atoms with Crippen LogP contribution in [-0.4, -0.2) is 22.7 Å². The number of aryl methyl sites for hydroxylation is 1. The topological polar surface area (TPSA) is 36.6 Å². The van der Waals surface area contributed by atoms with Crippen LogP contribution >= 0.6 is 0 Å². The van der Waals surface area contributed by atoms with Crippen molar-refractivity contribution in [3.8, 4) is 0 Å². The van der Waals surface area contributed by atoms with E-state index in [9.17, 15) is 9.50 Å². The number of aliphatic hydroxyl groups excluding tert-OH is 1. The van der Waals surface area contributed by atoms with Gasteiger partial charge in [0, 0.05) is 13.1 Å². The molecule has 1 heterocycles. The van der Waals surface area contributed by atoms with Crippen molar-refractivity contribution in [2.75, 3.05) is 6.54 Å². The molecule has 0 saturated carbocycles. The first-order valence-electron chi connectivity index (χ1n) is 7.88. The van der Waals surface area contributed by atoms with E-state index >= 15 is 0 Å². The molecule has 23 heavy (non-hydrogen) atoms. The van der Waals surface area contributed by atoms with Crippen LogP contribution in [0.4, 0.5) is 4.39 Å². The zero-order chi connectivity index (χ0) is 16.7. The van der Waals surface area contributed by atoms with Crippen LogP contribution < -0.4 is 0 Å². The van der Waals surface area contributed by atoms with E-state index in [2.05, 4.69) is 11.5 Å². The first-order chi connectivity index (χ1) is 11.1. The van der Waals surface area contributed by atoms with Crippen molar-refractivity contribution in [2.24, 2.45) is 0 Å². The van der Waals surface area contributed by atoms with Gasteiger partial charge in [-0.1, -0.05) is 18.2 Å². The summed E-state index contributed by atoms with van der Waals surface area (Å²) < 4.78 is 18.7. The highest BCUT2D eigenvalue weighted by Crippen LogP contribution is 2.14. The lowest BCUT2D eigenvalue weighted by atomic mass is 10.1. The van der Waals surface area contributed by atoms with Gasteiger partial charge in [0.05, 0.1) is 12.6 Å². The monoisotopic (exact) mass is 317 g/mol. The van der Waals surface area contributed by atoms with Gasteiger partial charge in [-0.05, 0) is 49.6 Å². The zero-order valence-electron chi connectivity index (χ0n) is 13.5. The van der Waals surface area contributed by atoms with Crippen molar-refractivity contribution in [1.29, 1.82) is 0 Å². The van der Waals surface area contributed by atoms with Crippen LogP contribution in [0, 0.1) is 12.7 Å². The summed E-state index contributed by atoms with van der Waals surface area (Å²) in [4.78, 5) is 2.11. The molecule has 0 amide bonds. The molecule has 4 heteroatoms. The van der Waals surface area contributed by atoms with E-state index in [-0.39, 0.29) is 5.82 Å². The maximum Gasteiger partial charge on any atom is 0.123 e. The third kappa shape index (κ3) is 6.00. The van der Waals surface area contributed by atoms with Gasteiger partial charge in [-0.3, -0.25) is 4.90 Å². The Bertz CT molecular complexity index is 606. The minimum atomic E-state index is -0.426. The summed E-state index contributed by atoms with van der Waals surface area (Å²) in [5, 5.41) is 10.2. The number of allylic oxidation sites excluding steroid dienone is 1. The quantitative estimate of drug-likeness (QED) is 0.709. The molecule has 2 aromatic rings. The van der Waals surface area contributed by atoms with Gasteiger partial charge in [0.1, 0.15) is 17.3 Å². The highest BCUT2D eigenvalue weighted by atomic mass is 19.1. The minimum absolute atomic E-state index is 0.243. The van der Waals surface area contributed by atoms with Crippen LogP contribution in [0.1, 0.15) is 29.9 Å². The molecule has 1 atom stereocenters. The largest absolute Gasteiger partial charge is 0.465 e. The molecule has 0 bridgehead atoms. The molecule has 0 aliphatic rings. The second kappa shape index (κ2) is 8.65. The molecule has 0 unspecified atom stereocenters. The molecule has 0 spiro atoms. The van der Waals surface area contributed by atoms with Crippen LogP contribution in [-0.2, 0) is 13.1 Å². The van der Waals surface area contributed by atoms with E-state index in [1.54, 1.807) is 12.1 Å². The Kier molecular flexibility index (Phi) is 6.56. The first-order valence-corrected chi connectivity index (χ1v) is 7.88. The Morgan fingerprint density at radius 2 is 1.96 bits per heavy atom. The molecule has 0 saturated heterocycles. The summed E-state index contributed by atoms with van der Waals surface area (Å²) in [6.07, 6.45) is 2.85. The average molecular weight is 317 g/mol. The number of hydrogen-bond donors (Lipinski definition) is 1. The normalized spacial score (nSPS) is 12.5. The molecule has 3 nitrogen and oxygen atoms in total. The fraction of sp³-hybridized carbons (Fsp3) is 0.368. The van der Waals surface area contributed by atoms with Crippen molar-refractivity contribution in [3.63, 3.8) is 0 Å². The van der Waals surface area contributed by atoms with Gasteiger partial charge < -0.3 is 9.52 Å². The van der Waals surface area contributed by atoms with E-state index in [0.717, 1.165) is 23.5 Å². The number of furan rings is 1. The third-order valence-corrected chi connectivity index (χ3v) is 3.67. The van der Waals surface area contributed by atoms with Crippen LogP contribution in [0.15, 0.2) is 53.5 Å². The van der Waals surface area contributed by atoms with E-state index < -0.39 is 6.10 Å². The third-order valence-electron chi connectivity index (χ3n) is 3.67.